The molecule has 43 heavy (non-hydrogen) atoms. The van der Waals surface area contributed by atoms with Crippen molar-refractivity contribution in [2.75, 3.05) is 62.5 Å². The van der Waals surface area contributed by atoms with Crippen molar-refractivity contribution in [3.63, 3.8) is 0 Å². The zero-order chi connectivity index (χ0) is 33.4. The molecule has 0 heterocycles. The summed E-state index contributed by atoms with van der Waals surface area (Å²) in [5.74, 6) is 0. The third kappa shape index (κ3) is 18.1. The molecule has 0 aliphatic rings. The van der Waals surface area contributed by atoms with Crippen LogP contribution in [0.15, 0.2) is 0 Å². The molecule has 0 saturated heterocycles. The summed E-state index contributed by atoms with van der Waals surface area (Å²) in [6.07, 6.45) is 3.88. The predicted octanol–water partition coefficient (Wildman–Crippen LogP) is 7.39. The highest BCUT2D eigenvalue weighted by atomic mass is 28.4. The molecule has 0 radical (unpaired) electrons. The van der Waals surface area contributed by atoms with Gasteiger partial charge in [-0.25, -0.2) is 4.39 Å². The number of alkyl halides is 1. The number of halogens is 1. The van der Waals surface area contributed by atoms with Crippen molar-refractivity contribution in [2.45, 2.75) is 114 Å². The summed E-state index contributed by atoms with van der Waals surface area (Å²) in [5.41, 5.74) is 0. The van der Waals surface area contributed by atoms with Crippen molar-refractivity contribution in [3.05, 3.63) is 0 Å². The lowest BCUT2D eigenvalue weighted by Crippen LogP contribution is -2.46. The lowest BCUT2D eigenvalue weighted by atomic mass is 10.4. The average Bonchev–Trinajstić information content (AvgIpc) is 2.91. The van der Waals surface area contributed by atoms with Gasteiger partial charge in [0.1, 0.15) is 6.80 Å². The van der Waals surface area contributed by atoms with Gasteiger partial charge in [0.2, 0.25) is 0 Å². The van der Waals surface area contributed by atoms with Crippen molar-refractivity contribution in [1.82, 2.24) is 4.90 Å². The first kappa shape index (κ1) is 43.9. The molecular formula is C27H68FNO8Si6. The van der Waals surface area contributed by atoms with Gasteiger partial charge in [-0.1, -0.05) is 0 Å². The first-order valence-electron chi connectivity index (χ1n) is 15.8. The molecule has 0 aliphatic heterocycles. The highest BCUT2D eigenvalue weighted by molar-refractivity contribution is 6.85. The van der Waals surface area contributed by atoms with Crippen molar-refractivity contribution < 1.29 is 39.2 Å². The monoisotopic (exact) mass is 721 g/mol. The Hall–Kier alpha value is 0.871. The summed E-state index contributed by atoms with van der Waals surface area (Å²) in [6, 6.07) is 5.76. The van der Waals surface area contributed by atoms with E-state index in [0.29, 0.717) is 0 Å². The first-order chi connectivity index (χ1) is 19.8. The second kappa shape index (κ2) is 20.3. The van der Waals surface area contributed by atoms with Crippen LogP contribution in [0.3, 0.4) is 0 Å². The SMILES string of the molecule is CO[Si](CCC[Si](C)(C)O[Si](C)(C)CCCN(CF)CCC[Si](C)(C)O[Si](C)(C)CCC[Si](OC)(OC)OC)(OC)OC. The van der Waals surface area contributed by atoms with Gasteiger partial charge >= 0.3 is 17.6 Å². The molecule has 0 spiro atoms. The summed E-state index contributed by atoms with van der Waals surface area (Å²) in [5, 5.41) is 0. The molecule has 0 saturated carbocycles. The maximum Gasteiger partial charge on any atom is 0.500 e. The van der Waals surface area contributed by atoms with E-state index < -0.39 is 57.7 Å². The van der Waals surface area contributed by atoms with Gasteiger partial charge in [0, 0.05) is 67.8 Å². The number of nitrogens with zero attached hydrogens (tertiary/aromatic N) is 1. The summed E-state index contributed by atoms with van der Waals surface area (Å²) < 4.78 is 61.0. The van der Waals surface area contributed by atoms with Gasteiger partial charge in [0.25, 0.3) is 0 Å². The van der Waals surface area contributed by atoms with E-state index in [0.717, 1.165) is 75.0 Å². The Kier molecular flexibility index (Phi) is 20.7. The first-order valence-corrected chi connectivity index (χ1v) is 32.2. The van der Waals surface area contributed by atoms with Crippen molar-refractivity contribution in [1.29, 1.82) is 0 Å². The number of hydrogen-bond donors (Lipinski definition) is 0. The Bertz CT molecular complexity index is 672. The van der Waals surface area contributed by atoms with Gasteiger partial charge in [0.05, 0.1) is 0 Å². The van der Waals surface area contributed by atoms with Crippen molar-refractivity contribution >= 4 is 50.9 Å². The Morgan fingerprint density at radius 2 is 0.674 bits per heavy atom. The minimum Gasteiger partial charge on any atom is -0.455 e. The van der Waals surface area contributed by atoms with Crippen LogP contribution in [-0.2, 0) is 34.8 Å². The van der Waals surface area contributed by atoms with E-state index >= 15 is 0 Å². The van der Waals surface area contributed by atoms with Crippen LogP contribution in [0.1, 0.15) is 25.7 Å². The largest absolute Gasteiger partial charge is 0.500 e. The third-order valence-electron chi connectivity index (χ3n) is 8.17. The zero-order valence-electron chi connectivity index (χ0n) is 30.3. The fourth-order valence-electron chi connectivity index (χ4n) is 5.96. The molecule has 0 N–H and O–H groups in total. The summed E-state index contributed by atoms with van der Waals surface area (Å²) in [6.45, 7) is 19.6. The molecule has 0 aromatic rings. The van der Waals surface area contributed by atoms with Crippen LogP contribution < -0.4 is 0 Å². The topological polar surface area (TPSA) is 77.1 Å². The molecule has 0 aromatic heterocycles. The molecule has 16 heteroatoms. The normalized spacial score (nSPS) is 14.2. The summed E-state index contributed by atoms with van der Waals surface area (Å²) in [7, 11) is -2.50. The van der Waals surface area contributed by atoms with E-state index in [1.165, 1.54) is 0 Å². The molecule has 260 valence electrons. The van der Waals surface area contributed by atoms with Crippen LogP contribution in [0, 0.1) is 0 Å². The van der Waals surface area contributed by atoms with E-state index in [1.807, 2.05) is 4.90 Å². The van der Waals surface area contributed by atoms with Crippen LogP contribution in [-0.4, -0.2) is 118 Å². The fourth-order valence-corrected chi connectivity index (χ4v) is 27.8. The highest BCUT2D eigenvalue weighted by Gasteiger charge is 2.40. The molecule has 0 atom stereocenters. The smallest absolute Gasteiger partial charge is 0.455 e. The molecule has 0 fully saturated rings. The minimum atomic E-state index is -2.54. The van der Waals surface area contributed by atoms with E-state index in [1.54, 1.807) is 42.7 Å². The lowest BCUT2D eigenvalue weighted by Gasteiger charge is -2.35. The van der Waals surface area contributed by atoms with Crippen LogP contribution in [0.25, 0.3) is 0 Å². The van der Waals surface area contributed by atoms with Crippen LogP contribution in [0.4, 0.5) is 4.39 Å². The second-order valence-electron chi connectivity index (χ2n) is 14.0. The van der Waals surface area contributed by atoms with Gasteiger partial charge in [-0.2, -0.15) is 0 Å². The molecular weight excluding hydrogens is 654 g/mol. The molecule has 0 aromatic carbocycles. The zero-order valence-corrected chi connectivity index (χ0v) is 36.3. The van der Waals surface area contributed by atoms with Crippen LogP contribution in [0.2, 0.25) is 88.6 Å². The molecule has 9 nitrogen and oxygen atoms in total. The lowest BCUT2D eigenvalue weighted by molar-refractivity contribution is 0.123. The molecule has 0 amide bonds. The van der Waals surface area contributed by atoms with Crippen molar-refractivity contribution in [2.24, 2.45) is 0 Å². The molecule has 0 bridgehead atoms. The summed E-state index contributed by atoms with van der Waals surface area (Å²) >= 11 is 0. The maximum atomic E-state index is 13.9. The predicted molar refractivity (Wildman–Crippen MR) is 191 cm³/mol. The van der Waals surface area contributed by atoms with Gasteiger partial charge in [0.15, 0.2) is 33.3 Å². The van der Waals surface area contributed by atoms with Crippen molar-refractivity contribution in [3.8, 4) is 0 Å². The van der Waals surface area contributed by atoms with Crippen LogP contribution >= 0.6 is 0 Å². The highest BCUT2D eigenvalue weighted by Crippen LogP contribution is 2.28. The Morgan fingerprint density at radius 1 is 0.419 bits per heavy atom. The van der Waals surface area contributed by atoms with E-state index in [9.17, 15) is 4.39 Å². The van der Waals surface area contributed by atoms with Gasteiger partial charge < -0.3 is 34.8 Å². The van der Waals surface area contributed by atoms with E-state index in [2.05, 4.69) is 52.4 Å². The number of rotatable bonds is 27. The number of hydrogen-bond acceptors (Lipinski definition) is 9. The maximum absolute atomic E-state index is 13.9. The summed E-state index contributed by atoms with van der Waals surface area (Å²) in [4.78, 5) is 1.95. The Labute approximate surface area is 271 Å². The van der Waals surface area contributed by atoms with Crippen LogP contribution in [0.5, 0.6) is 0 Å². The second-order valence-corrected chi connectivity index (χ2v) is 37.9. The minimum absolute atomic E-state index is 0.402. The van der Waals surface area contributed by atoms with E-state index in [-0.39, 0.29) is 0 Å². The quantitative estimate of drug-likeness (QED) is 0.0638. The van der Waals surface area contributed by atoms with Gasteiger partial charge in [-0.3, -0.25) is 4.90 Å². The third-order valence-corrected chi connectivity index (χ3v) is 28.9. The fraction of sp³-hybridized carbons (Fsp3) is 1.00. The van der Waals surface area contributed by atoms with E-state index in [4.69, 9.17) is 34.8 Å². The molecule has 0 aliphatic carbocycles. The molecule has 0 rings (SSSR count). The van der Waals surface area contributed by atoms with Gasteiger partial charge in [-0.05, 0) is 102 Å². The Morgan fingerprint density at radius 3 is 0.907 bits per heavy atom. The molecule has 0 unspecified atom stereocenters. The average molecular weight is 722 g/mol. The van der Waals surface area contributed by atoms with Gasteiger partial charge in [-0.15, -0.1) is 0 Å². The standard InChI is InChI=1S/C27H68FNO8Si6/c1-30-42(31-2,32-3)25-17-23-40(11,12)36-38(7,8)21-15-19-29(27-28)20-16-22-39(9,10)37-41(13,14)24-18-26-43(33-4,34-5)35-6/h15-27H2,1-14H3. The Balaban J connectivity index is 4.62.